The first kappa shape index (κ1) is 15.0. The van der Waals surface area contributed by atoms with Crippen LogP contribution < -0.4 is 11.5 Å². The first-order chi connectivity index (χ1) is 9.17. The summed E-state index contributed by atoms with van der Waals surface area (Å²) in [5.41, 5.74) is 15.1. The van der Waals surface area contributed by atoms with E-state index in [0.717, 1.165) is 22.5 Å². The van der Waals surface area contributed by atoms with Crippen LogP contribution in [0.25, 0.3) is 11.1 Å². The zero-order valence-electron chi connectivity index (χ0n) is 10.8. The van der Waals surface area contributed by atoms with Gasteiger partial charge in [-0.3, -0.25) is 0 Å². The summed E-state index contributed by atoms with van der Waals surface area (Å²) in [6.07, 6.45) is 0.500. The van der Waals surface area contributed by atoms with Crippen molar-refractivity contribution in [2.45, 2.75) is 6.42 Å². The molecule has 0 saturated carbocycles. The second kappa shape index (κ2) is 8.13. The largest absolute Gasteiger partial charge is 0.399 e. The van der Waals surface area contributed by atoms with E-state index in [-0.39, 0.29) is 13.2 Å². The van der Waals surface area contributed by atoms with E-state index in [0.29, 0.717) is 6.42 Å². The molecule has 0 amide bonds. The Morgan fingerprint density at radius 1 is 0.632 bits per heavy atom. The van der Waals surface area contributed by atoms with Gasteiger partial charge in [0.15, 0.2) is 0 Å². The van der Waals surface area contributed by atoms with Gasteiger partial charge in [-0.25, -0.2) is 0 Å². The van der Waals surface area contributed by atoms with Gasteiger partial charge >= 0.3 is 0 Å². The molecular weight excluding hydrogens is 240 g/mol. The summed E-state index contributed by atoms with van der Waals surface area (Å²) in [7, 11) is 0. The Hall–Kier alpha value is -2.04. The van der Waals surface area contributed by atoms with Gasteiger partial charge in [0.2, 0.25) is 0 Å². The second-order valence-corrected chi connectivity index (χ2v) is 4.04. The van der Waals surface area contributed by atoms with Crippen molar-refractivity contribution in [3.63, 3.8) is 0 Å². The number of hydrogen-bond donors (Lipinski definition) is 4. The molecule has 2 rings (SSSR count). The van der Waals surface area contributed by atoms with Gasteiger partial charge in [-0.1, -0.05) is 24.3 Å². The summed E-state index contributed by atoms with van der Waals surface area (Å²) in [4.78, 5) is 0. The van der Waals surface area contributed by atoms with Gasteiger partial charge in [0, 0.05) is 24.6 Å². The van der Waals surface area contributed by atoms with E-state index in [2.05, 4.69) is 0 Å². The third-order valence-electron chi connectivity index (χ3n) is 2.47. The van der Waals surface area contributed by atoms with Gasteiger partial charge < -0.3 is 21.7 Å². The smallest absolute Gasteiger partial charge is 0.0452 e. The number of aliphatic hydroxyl groups is 2. The van der Waals surface area contributed by atoms with E-state index in [4.69, 9.17) is 21.7 Å². The molecule has 6 N–H and O–H groups in total. The Bertz CT molecular complexity index is 421. The van der Waals surface area contributed by atoms with Crippen LogP contribution in [0.1, 0.15) is 6.42 Å². The van der Waals surface area contributed by atoms with Crippen molar-refractivity contribution in [1.29, 1.82) is 0 Å². The zero-order chi connectivity index (χ0) is 14.1. The van der Waals surface area contributed by atoms with Crippen molar-refractivity contribution >= 4 is 11.4 Å². The summed E-state index contributed by atoms with van der Waals surface area (Å²) in [6.45, 7) is 0.188. The first-order valence-electron chi connectivity index (χ1n) is 6.10. The topological polar surface area (TPSA) is 92.5 Å². The molecule has 4 heteroatoms. The quantitative estimate of drug-likeness (QED) is 0.634. The Morgan fingerprint density at radius 2 is 0.947 bits per heavy atom. The Morgan fingerprint density at radius 3 is 1.16 bits per heavy atom. The fraction of sp³-hybridized carbons (Fsp3) is 0.200. The average Bonchev–Trinajstić information content (AvgIpc) is 2.42. The highest BCUT2D eigenvalue weighted by atomic mass is 16.3. The lowest BCUT2D eigenvalue weighted by molar-refractivity contribution is 0.221. The summed E-state index contributed by atoms with van der Waals surface area (Å²) >= 11 is 0. The van der Waals surface area contributed by atoms with Gasteiger partial charge in [0.25, 0.3) is 0 Å². The number of rotatable bonds is 3. The van der Waals surface area contributed by atoms with E-state index in [1.165, 1.54) is 0 Å². The van der Waals surface area contributed by atoms with Crippen LogP contribution in [-0.4, -0.2) is 23.4 Å². The predicted molar refractivity (Wildman–Crippen MR) is 79.5 cm³/mol. The van der Waals surface area contributed by atoms with Crippen molar-refractivity contribution in [2.24, 2.45) is 0 Å². The van der Waals surface area contributed by atoms with Crippen LogP contribution in [0.5, 0.6) is 0 Å². The molecule has 0 bridgehead atoms. The van der Waals surface area contributed by atoms with E-state index in [9.17, 15) is 0 Å². The molecule has 0 saturated heterocycles. The molecule has 102 valence electrons. The van der Waals surface area contributed by atoms with E-state index in [1.54, 1.807) is 0 Å². The highest BCUT2D eigenvalue weighted by Crippen LogP contribution is 2.21. The van der Waals surface area contributed by atoms with Crippen molar-refractivity contribution in [2.75, 3.05) is 24.7 Å². The van der Waals surface area contributed by atoms with Crippen LogP contribution in [0.4, 0.5) is 11.4 Å². The summed E-state index contributed by atoms with van der Waals surface area (Å²) < 4.78 is 0. The molecule has 0 aromatic heterocycles. The molecule has 19 heavy (non-hydrogen) atoms. The standard InChI is InChI=1S/C12H12N2.C3H8O2/c13-11-5-1-9(2-6-11)10-3-7-12(14)8-4-10;4-2-1-3-5/h1-8H,13-14H2;4-5H,1-3H2. The predicted octanol–water partition coefficient (Wildman–Crippen LogP) is 1.88. The molecule has 0 aliphatic rings. The molecule has 0 aliphatic carbocycles. The number of hydrogen-bond acceptors (Lipinski definition) is 4. The van der Waals surface area contributed by atoms with Crippen LogP contribution in [0.2, 0.25) is 0 Å². The van der Waals surface area contributed by atoms with Crippen LogP contribution in [0.3, 0.4) is 0 Å². The van der Waals surface area contributed by atoms with Crippen molar-refractivity contribution < 1.29 is 10.2 Å². The number of nitrogen functional groups attached to an aromatic ring is 2. The summed E-state index contributed by atoms with van der Waals surface area (Å²) in [5.74, 6) is 0. The van der Waals surface area contributed by atoms with Crippen LogP contribution >= 0.6 is 0 Å². The summed E-state index contributed by atoms with van der Waals surface area (Å²) in [5, 5.41) is 15.8. The molecular formula is C15H20N2O2. The maximum Gasteiger partial charge on any atom is 0.0452 e. The van der Waals surface area contributed by atoms with Gasteiger partial charge in [0.1, 0.15) is 0 Å². The minimum Gasteiger partial charge on any atom is -0.399 e. The molecule has 0 heterocycles. The monoisotopic (exact) mass is 260 g/mol. The molecule has 0 radical (unpaired) electrons. The van der Waals surface area contributed by atoms with Gasteiger partial charge in [-0.05, 0) is 41.8 Å². The third kappa shape index (κ3) is 5.42. The Kier molecular flexibility index (Phi) is 6.43. The Balaban J connectivity index is 0.000000312. The van der Waals surface area contributed by atoms with E-state index in [1.807, 2.05) is 48.5 Å². The highest BCUT2D eigenvalue weighted by molar-refractivity contribution is 5.67. The minimum atomic E-state index is 0.0938. The van der Waals surface area contributed by atoms with Crippen molar-refractivity contribution in [3.8, 4) is 11.1 Å². The van der Waals surface area contributed by atoms with Crippen molar-refractivity contribution in [1.82, 2.24) is 0 Å². The average molecular weight is 260 g/mol. The van der Waals surface area contributed by atoms with Crippen LogP contribution in [0, 0.1) is 0 Å². The minimum absolute atomic E-state index is 0.0938. The zero-order valence-corrected chi connectivity index (χ0v) is 10.8. The van der Waals surface area contributed by atoms with Gasteiger partial charge in [-0.15, -0.1) is 0 Å². The van der Waals surface area contributed by atoms with Gasteiger partial charge in [-0.2, -0.15) is 0 Å². The molecule has 0 spiro atoms. The van der Waals surface area contributed by atoms with Gasteiger partial charge in [0.05, 0.1) is 0 Å². The molecule has 2 aromatic rings. The number of aliphatic hydroxyl groups excluding tert-OH is 2. The fourth-order valence-electron chi connectivity index (χ4n) is 1.42. The fourth-order valence-corrected chi connectivity index (χ4v) is 1.42. The highest BCUT2D eigenvalue weighted by Gasteiger charge is 1.95. The maximum atomic E-state index is 7.91. The number of anilines is 2. The maximum absolute atomic E-state index is 7.91. The molecule has 0 atom stereocenters. The van der Waals surface area contributed by atoms with E-state index < -0.39 is 0 Å². The molecule has 2 aromatic carbocycles. The van der Waals surface area contributed by atoms with Crippen LogP contribution in [0.15, 0.2) is 48.5 Å². The SMILES string of the molecule is Nc1ccc(-c2ccc(N)cc2)cc1.OCCCO. The lowest BCUT2D eigenvalue weighted by atomic mass is 10.1. The normalized spacial score (nSPS) is 9.58. The molecule has 4 nitrogen and oxygen atoms in total. The van der Waals surface area contributed by atoms with E-state index >= 15 is 0 Å². The lowest BCUT2D eigenvalue weighted by Crippen LogP contribution is -1.85. The Labute approximate surface area is 113 Å². The van der Waals surface area contributed by atoms with Crippen molar-refractivity contribution in [3.05, 3.63) is 48.5 Å². The molecule has 0 fully saturated rings. The molecule has 0 aliphatic heterocycles. The number of benzene rings is 2. The third-order valence-corrected chi connectivity index (χ3v) is 2.47. The second-order valence-electron chi connectivity index (χ2n) is 4.04. The molecule has 0 unspecified atom stereocenters. The summed E-state index contributed by atoms with van der Waals surface area (Å²) in [6, 6.07) is 15.6. The lowest BCUT2D eigenvalue weighted by Gasteiger charge is -2.02. The first-order valence-corrected chi connectivity index (χ1v) is 6.10. The van der Waals surface area contributed by atoms with Crippen LogP contribution in [-0.2, 0) is 0 Å². The number of nitrogens with two attached hydrogens (primary N) is 2.